The summed E-state index contributed by atoms with van der Waals surface area (Å²) in [5.74, 6) is -0.124. The van der Waals surface area contributed by atoms with Crippen molar-refractivity contribution < 1.29 is 18.7 Å². The normalized spacial score (nSPS) is 18.5. The van der Waals surface area contributed by atoms with Crippen molar-refractivity contribution in [2.75, 3.05) is 25.0 Å². The second-order valence-electron chi connectivity index (χ2n) is 7.35. The number of hydrogen-bond acceptors (Lipinski definition) is 6. The summed E-state index contributed by atoms with van der Waals surface area (Å²) in [6.07, 6.45) is 3.98. The Morgan fingerprint density at radius 1 is 1.43 bits per heavy atom. The summed E-state index contributed by atoms with van der Waals surface area (Å²) >= 11 is 2.95. The molecule has 1 aliphatic carbocycles. The van der Waals surface area contributed by atoms with Crippen LogP contribution in [0.1, 0.15) is 27.3 Å². The van der Waals surface area contributed by atoms with Crippen LogP contribution in [0.3, 0.4) is 0 Å². The lowest BCUT2D eigenvalue weighted by Gasteiger charge is -2.33. The van der Waals surface area contributed by atoms with E-state index in [1.165, 1.54) is 22.3 Å². The van der Waals surface area contributed by atoms with E-state index in [0.29, 0.717) is 23.4 Å². The molecule has 30 heavy (non-hydrogen) atoms. The van der Waals surface area contributed by atoms with Crippen LogP contribution in [-0.4, -0.2) is 42.8 Å². The Morgan fingerprint density at radius 2 is 2.27 bits per heavy atom. The number of likely N-dealkylation sites (tertiary alicyclic amines) is 1. The lowest BCUT2D eigenvalue weighted by Crippen LogP contribution is -2.51. The number of thiophene rings is 2. The molecule has 2 aliphatic rings. The number of nitrogens with one attached hydrogen (secondary N) is 1. The van der Waals surface area contributed by atoms with Gasteiger partial charge in [-0.15, -0.1) is 22.7 Å². The van der Waals surface area contributed by atoms with Crippen molar-refractivity contribution in [3.8, 4) is 6.07 Å². The van der Waals surface area contributed by atoms with Gasteiger partial charge in [0.05, 0.1) is 25.3 Å². The first-order chi connectivity index (χ1) is 14.5. The third-order valence-corrected chi connectivity index (χ3v) is 7.20. The number of nitriles is 1. The molecule has 6 nitrogen and oxygen atoms in total. The van der Waals surface area contributed by atoms with Crippen LogP contribution >= 0.6 is 22.7 Å². The van der Waals surface area contributed by atoms with Crippen LogP contribution in [0.5, 0.6) is 0 Å². The molecule has 2 aromatic heterocycles. The van der Waals surface area contributed by atoms with Gasteiger partial charge in [0.1, 0.15) is 17.2 Å². The minimum absolute atomic E-state index is 0.105. The van der Waals surface area contributed by atoms with Gasteiger partial charge in [0.15, 0.2) is 0 Å². The molecule has 1 N–H and O–H groups in total. The van der Waals surface area contributed by atoms with Crippen molar-refractivity contribution in [3.63, 3.8) is 0 Å². The summed E-state index contributed by atoms with van der Waals surface area (Å²) in [7, 11) is 0. The quantitative estimate of drug-likeness (QED) is 0.699. The minimum Gasteiger partial charge on any atom is -0.449 e. The average Bonchev–Trinajstić information content (AvgIpc) is 3.34. The summed E-state index contributed by atoms with van der Waals surface area (Å²) in [6.45, 7) is 0.485. The van der Waals surface area contributed by atoms with Gasteiger partial charge in [0.25, 0.3) is 0 Å². The van der Waals surface area contributed by atoms with Gasteiger partial charge < -0.3 is 15.0 Å². The highest BCUT2D eigenvalue weighted by Crippen LogP contribution is 2.39. The van der Waals surface area contributed by atoms with Crippen molar-refractivity contribution in [2.45, 2.75) is 25.4 Å². The molecule has 9 heteroatoms. The van der Waals surface area contributed by atoms with Crippen LogP contribution in [0.25, 0.3) is 6.08 Å². The Bertz CT molecular complexity index is 1000. The summed E-state index contributed by atoms with van der Waals surface area (Å²) in [6, 6.07) is 6.06. The molecule has 0 saturated carbocycles. The zero-order valence-corrected chi connectivity index (χ0v) is 17.7. The molecule has 2 aromatic rings. The zero-order chi connectivity index (χ0) is 21.1. The fourth-order valence-electron chi connectivity index (χ4n) is 3.55. The van der Waals surface area contributed by atoms with E-state index in [-0.39, 0.29) is 31.5 Å². The number of ether oxygens (including phenoxy) is 1. The highest BCUT2D eigenvalue weighted by molar-refractivity contribution is 7.16. The first-order valence-electron chi connectivity index (χ1n) is 9.66. The molecule has 1 saturated heterocycles. The number of carbonyl (C=O) groups is 2. The maximum atomic E-state index is 12.9. The topological polar surface area (TPSA) is 82.4 Å². The van der Waals surface area contributed by atoms with Gasteiger partial charge in [-0.25, -0.2) is 9.18 Å². The van der Waals surface area contributed by atoms with E-state index in [1.54, 1.807) is 17.4 Å². The molecule has 0 aromatic carbocycles. The first kappa shape index (κ1) is 20.6. The fraction of sp³-hybridized carbons (Fsp3) is 0.381. The monoisotopic (exact) mass is 445 g/mol. The zero-order valence-electron chi connectivity index (χ0n) is 16.1. The summed E-state index contributed by atoms with van der Waals surface area (Å²) in [5, 5.41) is 14.9. The number of amides is 2. The van der Waals surface area contributed by atoms with E-state index in [9.17, 15) is 19.2 Å². The van der Waals surface area contributed by atoms with Crippen molar-refractivity contribution in [1.29, 1.82) is 5.26 Å². The molecule has 1 fully saturated rings. The Kier molecular flexibility index (Phi) is 6.16. The highest BCUT2D eigenvalue weighted by atomic mass is 32.1. The van der Waals surface area contributed by atoms with Crippen molar-refractivity contribution >= 4 is 45.8 Å². The Hall–Kier alpha value is -2.70. The second-order valence-corrected chi connectivity index (χ2v) is 9.43. The largest absolute Gasteiger partial charge is 0.449 e. The van der Waals surface area contributed by atoms with E-state index in [0.717, 1.165) is 21.7 Å². The van der Waals surface area contributed by atoms with Crippen LogP contribution in [0.2, 0.25) is 0 Å². The smallest absolute Gasteiger partial charge is 0.409 e. The van der Waals surface area contributed by atoms with Gasteiger partial charge >= 0.3 is 6.09 Å². The maximum Gasteiger partial charge on any atom is 0.409 e. The van der Waals surface area contributed by atoms with E-state index in [2.05, 4.69) is 11.4 Å². The minimum atomic E-state index is -0.945. The highest BCUT2D eigenvalue weighted by Gasteiger charge is 2.32. The molecule has 0 bridgehead atoms. The van der Waals surface area contributed by atoms with Gasteiger partial charge in [-0.05, 0) is 48.3 Å². The van der Waals surface area contributed by atoms with Crippen LogP contribution < -0.4 is 5.32 Å². The van der Waals surface area contributed by atoms with Gasteiger partial charge in [0, 0.05) is 15.8 Å². The number of anilines is 1. The fourth-order valence-corrected chi connectivity index (χ4v) is 5.49. The number of hydrogen-bond donors (Lipinski definition) is 1. The number of alkyl halides is 1. The predicted molar refractivity (Wildman–Crippen MR) is 114 cm³/mol. The van der Waals surface area contributed by atoms with Gasteiger partial charge in [-0.1, -0.05) is 6.07 Å². The van der Waals surface area contributed by atoms with E-state index in [4.69, 9.17) is 4.74 Å². The van der Waals surface area contributed by atoms with Crippen LogP contribution in [0.4, 0.5) is 14.2 Å². The van der Waals surface area contributed by atoms with E-state index >= 15 is 0 Å². The molecule has 0 radical (unpaired) electrons. The number of nitrogens with zero attached hydrogens (tertiary/aromatic N) is 2. The number of rotatable bonds is 5. The number of halogens is 1. The average molecular weight is 446 g/mol. The maximum absolute atomic E-state index is 12.9. The van der Waals surface area contributed by atoms with Crippen LogP contribution in [0.15, 0.2) is 23.6 Å². The van der Waals surface area contributed by atoms with Crippen molar-refractivity contribution in [3.05, 3.63) is 44.5 Å². The first-order valence-corrected chi connectivity index (χ1v) is 11.4. The molecular weight excluding hydrogens is 425 g/mol. The number of carbonyl (C=O) groups excluding carboxylic acids is 2. The number of fused-ring (bicyclic) bond motifs is 1. The summed E-state index contributed by atoms with van der Waals surface area (Å²) in [5.41, 5.74) is 1.50. The molecule has 1 aliphatic heterocycles. The molecule has 1 atom stereocenters. The van der Waals surface area contributed by atoms with Crippen molar-refractivity contribution in [2.24, 2.45) is 5.92 Å². The van der Waals surface area contributed by atoms with E-state index < -0.39 is 12.3 Å². The SMILES string of the molecule is N#Cc1c(NC(=O)C=Cc2cccs2)sc2c1CCC(COC(=O)N1CC(F)C1)C2. The predicted octanol–water partition coefficient (Wildman–Crippen LogP) is 4.23. The molecule has 2 amide bonds. The standard InChI is InChI=1S/C21H20FN3O3S2/c22-14-10-25(11-14)21(27)28-12-13-3-5-16-17(9-23)20(30-18(16)8-13)24-19(26)6-4-15-2-1-7-29-15/h1-2,4,6-7,13-14H,3,5,8,10-12H2,(H,24,26). The van der Waals surface area contributed by atoms with Crippen LogP contribution in [-0.2, 0) is 22.4 Å². The molecule has 0 spiro atoms. The van der Waals surface area contributed by atoms with E-state index in [1.807, 2.05) is 17.5 Å². The molecule has 4 rings (SSSR count). The van der Waals surface area contributed by atoms with Gasteiger partial charge in [-0.3, -0.25) is 4.79 Å². The van der Waals surface area contributed by atoms with Crippen LogP contribution in [0, 0.1) is 17.2 Å². The Morgan fingerprint density at radius 3 is 2.97 bits per heavy atom. The third kappa shape index (κ3) is 4.55. The molecular formula is C21H20FN3O3S2. The van der Waals surface area contributed by atoms with Crippen molar-refractivity contribution in [1.82, 2.24) is 4.90 Å². The summed E-state index contributed by atoms with van der Waals surface area (Å²) < 4.78 is 18.2. The van der Waals surface area contributed by atoms with Gasteiger partial charge in [0.2, 0.25) is 5.91 Å². The molecule has 3 heterocycles. The second kappa shape index (κ2) is 8.98. The Balaban J connectivity index is 1.36. The third-order valence-electron chi connectivity index (χ3n) is 5.20. The molecule has 156 valence electrons. The lowest BCUT2D eigenvalue weighted by atomic mass is 9.88. The molecule has 1 unspecified atom stereocenters. The summed E-state index contributed by atoms with van der Waals surface area (Å²) in [4.78, 5) is 27.5. The lowest BCUT2D eigenvalue weighted by molar-refractivity contribution is -0.111. The van der Waals surface area contributed by atoms with Gasteiger partial charge in [-0.2, -0.15) is 5.26 Å². The Labute approximate surface area is 181 Å².